The molecule has 0 aliphatic carbocycles. The summed E-state index contributed by atoms with van der Waals surface area (Å²) in [7, 11) is 0. The lowest BCUT2D eigenvalue weighted by Crippen LogP contribution is -2.37. The number of aryl methyl sites for hydroxylation is 2. The summed E-state index contributed by atoms with van der Waals surface area (Å²) in [5.41, 5.74) is 5.08. The average Bonchev–Trinajstić information content (AvgIpc) is 1.99. The second-order valence-electron chi connectivity index (χ2n) is 3.06. The van der Waals surface area contributed by atoms with Crippen LogP contribution in [0.25, 0.3) is 0 Å². The lowest BCUT2D eigenvalue weighted by Gasteiger charge is -2.04. The molecular formula is C9H11N3O3. The van der Waals surface area contributed by atoms with Gasteiger partial charge in [-0.3, -0.25) is 15.5 Å². The van der Waals surface area contributed by atoms with Crippen molar-refractivity contribution in [2.45, 2.75) is 13.8 Å². The van der Waals surface area contributed by atoms with Gasteiger partial charge in [0.15, 0.2) is 0 Å². The Hall–Kier alpha value is -2.11. The van der Waals surface area contributed by atoms with Crippen LogP contribution < -0.4 is 16.6 Å². The summed E-state index contributed by atoms with van der Waals surface area (Å²) in [6, 6.07) is 0.646. The SMILES string of the molecule is Cc1cc(C)c(C(=O)NC(N)=O)c(=N)o1. The van der Waals surface area contributed by atoms with Crippen molar-refractivity contribution in [2.24, 2.45) is 5.73 Å². The zero-order valence-corrected chi connectivity index (χ0v) is 8.38. The first-order valence-corrected chi connectivity index (χ1v) is 4.18. The number of nitrogens with one attached hydrogen (secondary N) is 2. The van der Waals surface area contributed by atoms with E-state index in [1.54, 1.807) is 19.9 Å². The van der Waals surface area contributed by atoms with Gasteiger partial charge < -0.3 is 10.2 Å². The first-order chi connectivity index (χ1) is 6.91. The molecule has 1 aromatic heterocycles. The summed E-state index contributed by atoms with van der Waals surface area (Å²) in [5.74, 6) is -0.207. The van der Waals surface area contributed by atoms with Crippen molar-refractivity contribution in [2.75, 3.05) is 0 Å². The summed E-state index contributed by atoms with van der Waals surface area (Å²) in [4.78, 5) is 21.9. The van der Waals surface area contributed by atoms with Crippen LogP contribution in [0.5, 0.6) is 0 Å². The normalized spacial score (nSPS) is 9.73. The van der Waals surface area contributed by atoms with Gasteiger partial charge in [-0.1, -0.05) is 0 Å². The fourth-order valence-electron chi connectivity index (χ4n) is 1.25. The van der Waals surface area contributed by atoms with Crippen molar-refractivity contribution in [1.29, 1.82) is 5.41 Å². The van der Waals surface area contributed by atoms with Gasteiger partial charge in [-0.05, 0) is 25.5 Å². The number of primary amides is 1. The van der Waals surface area contributed by atoms with E-state index >= 15 is 0 Å². The van der Waals surface area contributed by atoms with Crippen LogP contribution in [0.15, 0.2) is 10.5 Å². The molecule has 1 heterocycles. The lowest BCUT2D eigenvalue weighted by atomic mass is 10.1. The van der Waals surface area contributed by atoms with Crippen LogP contribution in [-0.4, -0.2) is 11.9 Å². The molecule has 0 atom stereocenters. The lowest BCUT2D eigenvalue weighted by molar-refractivity contribution is 0.0960. The number of urea groups is 1. The molecule has 0 spiro atoms. The highest BCUT2D eigenvalue weighted by molar-refractivity contribution is 6.04. The topological polar surface area (TPSA) is 109 Å². The second kappa shape index (κ2) is 3.95. The van der Waals surface area contributed by atoms with Gasteiger partial charge >= 0.3 is 6.03 Å². The fraction of sp³-hybridized carbons (Fsp3) is 0.222. The minimum atomic E-state index is -0.959. The van der Waals surface area contributed by atoms with Gasteiger partial charge in [0.2, 0.25) is 5.55 Å². The highest BCUT2D eigenvalue weighted by Crippen LogP contribution is 2.04. The van der Waals surface area contributed by atoms with E-state index in [-0.39, 0.29) is 11.1 Å². The number of carbonyl (C=O) groups excluding carboxylic acids is 2. The Bertz CT molecular complexity index is 476. The van der Waals surface area contributed by atoms with Crippen LogP contribution >= 0.6 is 0 Å². The molecule has 0 unspecified atom stereocenters. The molecule has 0 radical (unpaired) electrons. The predicted molar refractivity (Wildman–Crippen MR) is 51.1 cm³/mol. The number of amides is 3. The maximum atomic E-state index is 11.4. The van der Waals surface area contributed by atoms with E-state index in [4.69, 9.17) is 15.6 Å². The number of rotatable bonds is 1. The average molecular weight is 209 g/mol. The summed E-state index contributed by atoms with van der Waals surface area (Å²) in [5, 5.41) is 9.33. The van der Waals surface area contributed by atoms with Crippen molar-refractivity contribution in [1.82, 2.24) is 5.32 Å². The second-order valence-corrected chi connectivity index (χ2v) is 3.06. The number of hydrogen-bond donors (Lipinski definition) is 3. The molecule has 0 aromatic carbocycles. The summed E-state index contributed by atoms with van der Waals surface area (Å²) in [6.45, 7) is 3.32. The Morgan fingerprint density at radius 1 is 1.47 bits per heavy atom. The Morgan fingerprint density at radius 3 is 2.53 bits per heavy atom. The number of nitrogens with two attached hydrogens (primary N) is 1. The Labute approximate surface area is 85.6 Å². The van der Waals surface area contributed by atoms with Gasteiger partial charge in [0.1, 0.15) is 11.3 Å². The molecular weight excluding hydrogens is 198 g/mol. The van der Waals surface area contributed by atoms with Crippen LogP contribution in [0.1, 0.15) is 21.7 Å². The van der Waals surface area contributed by atoms with Gasteiger partial charge in [-0.2, -0.15) is 0 Å². The van der Waals surface area contributed by atoms with Gasteiger partial charge in [0, 0.05) is 0 Å². The molecule has 0 saturated heterocycles. The maximum Gasteiger partial charge on any atom is 0.319 e. The van der Waals surface area contributed by atoms with Crippen LogP contribution in [0.3, 0.4) is 0 Å². The summed E-state index contributed by atoms with van der Waals surface area (Å²) < 4.78 is 4.95. The monoisotopic (exact) mass is 209 g/mol. The smallest absolute Gasteiger partial charge is 0.319 e. The van der Waals surface area contributed by atoms with Gasteiger partial charge in [0.05, 0.1) is 0 Å². The first-order valence-electron chi connectivity index (χ1n) is 4.18. The van der Waals surface area contributed by atoms with Crippen LogP contribution in [0, 0.1) is 19.3 Å². The van der Waals surface area contributed by atoms with E-state index in [9.17, 15) is 9.59 Å². The fourth-order valence-corrected chi connectivity index (χ4v) is 1.25. The highest BCUT2D eigenvalue weighted by Gasteiger charge is 2.14. The van der Waals surface area contributed by atoms with Crippen molar-refractivity contribution >= 4 is 11.9 Å². The third-order valence-electron chi connectivity index (χ3n) is 1.77. The molecule has 0 fully saturated rings. The molecule has 6 nitrogen and oxygen atoms in total. The van der Waals surface area contributed by atoms with Crippen molar-refractivity contribution in [3.63, 3.8) is 0 Å². The third-order valence-corrected chi connectivity index (χ3v) is 1.77. The minimum Gasteiger partial charge on any atom is -0.443 e. The maximum absolute atomic E-state index is 11.4. The number of hydrogen-bond acceptors (Lipinski definition) is 4. The van der Waals surface area contributed by atoms with Crippen LogP contribution in [-0.2, 0) is 0 Å². The highest BCUT2D eigenvalue weighted by atomic mass is 16.3. The minimum absolute atomic E-state index is 0.0133. The Morgan fingerprint density at radius 2 is 2.07 bits per heavy atom. The van der Waals surface area contributed by atoms with Crippen molar-refractivity contribution in [3.8, 4) is 0 Å². The molecule has 1 rings (SSSR count). The largest absolute Gasteiger partial charge is 0.443 e. The number of carbonyl (C=O) groups is 2. The zero-order valence-electron chi connectivity index (χ0n) is 8.38. The first kappa shape index (κ1) is 11.0. The number of imide groups is 1. The van der Waals surface area contributed by atoms with E-state index in [1.807, 2.05) is 5.32 Å². The summed E-state index contributed by atoms with van der Waals surface area (Å²) in [6.07, 6.45) is 0. The third kappa shape index (κ3) is 2.43. The predicted octanol–water partition coefficient (Wildman–Crippen LogP) is 0.184. The molecule has 1 aromatic rings. The van der Waals surface area contributed by atoms with Crippen molar-refractivity contribution in [3.05, 3.63) is 28.5 Å². The molecule has 0 bridgehead atoms. The van der Waals surface area contributed by atoms with Gasteiger partial charge in [-0.25, -0.2) is 4.79 Å². The Kier molecular flexibility index (Phi) is 2.89. The van der Waals surface area contributed by atoms with Gasteiger partial charge in [0.25, 0.3) is 5.91 Å². The Balaban J connectivity index is 3.20. The molecule has 15 heavy (non-hydrogen) atoms. The van der Waals surface area contributed by atoms with Crippen LogP contribution in [0.2, 0.25) is 0 Å². The molecule has 0 saturated carbocycles. The zero-order chi connectivity index (χ0) is 11.6. The van der Waals surface area contributed by atoms with Crippen LogP contribution in [0.4, 0.5) is 4.79 Å². The van der Waals surface area contributed by atoms with E-state index < -0.39 is 11.9 Å². The standard InChI is InChI=1S/C9H11N3O3/c1-4-3-5(2)15-7(10)6(4)8(13)12-9(11)14/h3,10H,1-2H3,(H3,11,12,13,14). The van der Waals surface area contributed by atoms with Gasteiger partial charge in [-0.15, -0.1) is 0 Å². The van der Waals surface area contributed by atoms with E-state index in [0.29, 0.717) is 11.3 Å². The van der Waals surface area contributed by atoms with E-state index in [2.05, 4.69) is 0 Å². The quantitative estimate of drug-likeness (QED) is 0.613. The molecule has 6 heteroatoms. The molecule has 80 valence electrons. The van der Waals surface area contributed by atoms with Crippen molar-refractivity contribution < 1.29 is 14.0 Å². The van der Waals surface area contributed by atoms with E-state index in [1.165, 1.54) is 0 Å². The molecule has 0 aliphatic heterocycles. The molecule has 4 N–H and O–H groups in total. The summed E-state index contributed by atoms with van der Waals surface area (Å²) >= 11 is 0. The molecule has 0 aliphatic rings. The van der Waals surface area contributed by atoms with E-state index in [0.717, 1.165) is 0 Å². The molecule has 3 amide bonds.